The van der Waals surface area contributed by atoms with Crippen LogP contribution in [0.4, 0.5) is 0 Å². The number of allylic oxidation sites excluding steroid dienone is 2. The first-order chi connectivity index (χ1) is 7.43. The zero-order chi connectivity index (χ0) is 11.9. The molecule has 0 aliphatic carbocycles. The van der Waals surface area contributed by atoms with Crippen molar-refractivity contribution in [1.29, 1.82) is 0 Å². The van der Waals surface area contributed by atoms with Crippen LogP contribution in [0.25, 0.3) is 0 Å². The quantitative estimate of drug-likeness (QED) is 0.656. The smallest absolute Gasteiger partial charge is 0.169 e. The van der Waals surface area contributed by atoms with E-state index in [0.717, 1.165) is 22.7 Å². The van der Waals surface area contributed by atoms with Gasteiger partial charge in [-0.2, -0.15) is 0 Å². The van der Waals surface area contributed by atoms with E-state index in [4.69, 9.17) is 0 Å². The lowest BCUT2D eigenvalue weighted by Gasteiger charge is -2.38. The van der Waals surface area contributed by atoms with Crippen LogP contribution in [0.3, 0.4) is 0 Å². The Labute approximate surface area is 100 Å². The first kappa shape index (κ1) is 11.5. The van der Waals surface area contributed by atoms with Gasteiger partial charge in [-0.05, 0) is 33.8 Å². The molecule has 0 amide bonds. The number of amidine groups is 1. The third-order valence-electron chi connectivity index (χ3n) is 2.77. The molecular weight excluding hydrogens is 220 g/mol. The van der Waals surface area contributed by atoms with Gasteiger partial charge in [0, 0.05) is 21.7 Å². The fourth-order valence-corrected chi connectivity index (χ4v) is 3.15. The molecule has 0 aromatic carbocycles. The van der Waals surface area contributed by atoms with E-state index in [1.807, 2.05) is 6.92 Å². The molecule has 0 unspecified atom stereocenters. The van der Waals surface area contributed by atoms with Crippen molar-refractivity contribution < 1.29 is 4.79 Å². The Balaban J connectivity index is 2.42. The van der Waals surface area contributed by atoms with Gasteiger partial charge in [-0.15, -0.1) is 0 Å². The van der Waals surface area contributed by atoms with Gasteiger partial charge in [0.25, 0.3) is 0 Å². The second-order valence-electron chi connectivity index (χ2n) is 4.70. The Bertz CT molecular complexity index is 432. The van der Waals surface area contributed by atoms with E-state index in [2.05, 4.69) is 36.7 Å². The molecule has 3 nitrogen and oxygen atoms in total. The highest BCUT2D eigenvalue weighted by atomic mass is 32.2. The van der Waals surface area contributed by atoms with Crippen LogP contribution >= 0.6 is 11.8 Å². The number of carbonyl (C=O) groups is 1. The highest BCUT2D eigenvalue weighted by Crippen LogP contribution is 2.38. The highest BCUT2D eigenvalue weighted by molar-refractivity contribution is 8.15. The third kappa shape index (κ3) is 1.94. The Hall–Kier alpha value is -1.03. The van der Waals surface area contributed by atoms with Gasteiger partial charge < -0.3 is 4.90 Å². The maximum Gasteiger partial charge on any atom is 0.169 e. The second-order valence-corrected chi connectivity index (χ2v) is 6.32. The molecule has 0 aromatic heterocycles. The third-order valence-corrected chi connectivity index (χ3v) is 3.90. The van der Waals surface area contributed by atoms with Crippen LogP contribution < -0.4 is 0 Å². The number of hydrogen-bond donors (Lipinski definition) is 0. The van der Waals surface area contributed by atoms with Crippen LogP contribution in [-0.2, 0) is 4.79 Å². The SMILES string of the molecule is CC1=CC(C)(C)SC2=NC(C)=C(C=O)CN12. The summed E-state index contributed by atoms with van der Waals surface area (Å²) in [5, 5.41) is 1.01. The summed E-state index contributed by atoms with van der Waals surface area (Å²) in [6.07, 6.45) is 3.13. The van der Waals surface area contributed by atoms with Crippen LogP contribution in [0, 0.1) is 0 Å². The summed E-state index contributed by atoms with van der Waals surface area (Å²) >= 11 is 1.74. The fourth-order valence-electron chi connectivity index (χ4n) is 1.95. The number of hydrogen-bond acceptors (Lipinski definition) is 4. The summed E-state index contributed by atoms with van der Waals surface area (Å²) in [7, 11) is 0. The zero-order valence-corrected chi connectivity index (χ0v) is 10.9. The zero-order valence-electron chi connectivity index (χ0n) is 10.1. The lowest BCUT2D eigenvalue weighted by molar-refractivity contribution is -0.105. The molecule has 0 spiro atoms. The first-order valence-corrected chi connectivity index (χ1v) is 6.14. The molecule has 0 fully saturated rings. The molecule has 16 heavy (non-hydrogen) atoms. The lowest BCUT2D eigenvalue weighted by atomic mass is 10.1. The number of rotatable bonds is 1. The summed E-state index contributed by atoms with van der Waals surface area (Å²) in [6.45, 7) is 8.97. The van der Waals surface area contributed by atoms with E-state index < -0.39 is 0 Å². The standard InChI is InChI=1S/C12H16N2OS/c1-8-5-12(3,4)16-11-13-9(2)10(7-15)6-14(8)11/h5,7H,6H2,1-4H3. The van der Waals surface area contributed by atoms with Crippen molar-refractivity contribution in [3.05, 3.63) is 23.0 Å². The Morgan fingerprint density at radius 2 is 2.19 bits per heavy atom. The van der Waals surface area contributed by atoms with Gasteiger partial charge in [-0.1, -0.05) is 11.8 Å². The molecule has 0 N–H and O–H groups in total. The van der Waals surface area contributed by atoms with Crippen molar-refractivity contribution in [2.45, 2.75) is 32.4 Å². The monoisotopic (exact) mass is 236 g/mol. The minimum atomic E-state index is 0.0817. The fraction of sp³-hybridized carbons (Fsp3) is 0.500. The number of aliphatic imine (C=N–C) groups is 1. The highest BCUT2D eigenvalue weighted by Gasteiger charge is 2.32. The Morgan fingerprint density at radius 1 is 1.50 bits per heavy atom. The molecule has 0 saturated carbocycles. The van der Waals surface area contributed by atoms with E-state index >= 15 is 0 Å². The minimum Gasteiger partial charge on any atom is -0.321 e. The van der Waals surface area contributed by atoms with Crippen molar-refractivity contribution in [3.8, 4) is 0 Å². The van der Waals surface area contributed by atoms with Crippen LogP contribution in [-0.4, -0.2) is 27.6 Å². The number of nitrogens with zero attached hydrogens (tertiary/aromatic N) is 2. The van der Waals surface area contributed by atoms with Gasteiger partial charge in [0.2, 0.25) is 0 Å². The number of thioether (sulfide) groups is 1. The van der Waals surface area contributed by atoms with Gasteiger partial charge in [-0.25, -0.2) is 4.99 Å². The predicted molar refractivity (Wildman–Crippen MR) is 68.3 cm³/mol. The average molecular weight is 236 g/mol. The van der Waals surface area contributed by atoms with Gasteiger partial charge in [0.05, 0.1) is 6.54 Å². The van der Waals surface area contributed by atoms with Crippen LogP contribution in [0.15, 0.2) is 28.0 Å². The molecular formula is C12H16N2OS. The molecule has 0 bridgehead atoms. The summed E-state index contributed by atoms with van der Waals surface area (Å²) in [6, 6.07) is 0. The normalized spacial score (nSPS) is 23.6. The Kier molecular flexibility index (Phi) is 2.70. The van der Waals surface area contributed by atoms with Gasteiger partial charge in [0.15, 0.2) is 5.17 Å². The number of carbonyl (C=O) groups excluding carboxylic acids is 1. The van der Waals surface area contributed by atoms with E-state index in [-0.39, 0.29) is 4.75 Å². The maximum absolute atomic E-state index is 10.9. The van der Waals surface area contributed by atoms with Gasteiger partial charge >= 0.3 is 0 Å². The lowest BCUT2D eigenvalue weighted by Crippen LogP contribution is -2.39. The molecule has 0 atom stereocenters. The van der Waals surface area contributed by atoms with Gasteiger partial charge in [0.1, 0.15) is 6.29 Å². The average Bonchev–Trinajstić information content (AvgIpc) is 2.14. The molecule has 0 radical (unpaired) electrons. The minimum absolute atomic E-state index is 0.0817. The largest absolute Gasteiger partial charge is 0.321 e. The topological polar surface area (TPSA) is 32.7 Å². The number of aldehydes is 1. The van der Waals surface area contributed by atoms with Crippen LogP contribution in [0.1, 0.15) is 27.7 Å². The predicted octanol–water partition coefficient (Wildman–Crippen LogP) is 2.56. The van der Waals surface area contributed by atoms with Crippen LogP contribution in [0.5, 0.6) is 0 Å². The van der Waals surface area contributed by atoms with E-state index in [1.54, 1.807) is 11.8 Å². The molecule has 2 rings (SSSR count). The van der Waals surface area contributed by atoms with Crippen molar-refractivity contribution in [1.82, 2.24) is 4.90 Å². The van der Waals surface area contributed by atoms with Crippen molar-refractivity contribution in [2.75, 3.05) is 6.54 Å². The second kappa shape index (κ2) is 3.77. The van der Waals surface area contributed by atoms with Gasteiger partial charge in [-0.3, -0.25) is 4.79 Å². The van der Waals surface area contributed by atoms with Crippen molar-refractivity contribution in [2.24, 2.45) is 4.99 Å². The van der Waals surface area contributed by atoms with E-state index in [0.29, 0.717) is 6.54 Å². The summed E-state index contributed by atoms with van der Waals surface area (Å²) < 4.78 is 0.0817. The first-order valence-electron chi connectivity index (χ1n) is 5.32. The van der Waals surface area contributed by atoms with Crippen LogP contribution in [0.2, 0.25) is 0 Å². The summed E-state index contributed by atoms with van der Waals surface area (Å²) in [5.41, 5.74) is 2.80. The molecule has 0 aromatic rings. The molecule has 2 heterocycles. The van der Waals surface area contributed by atoms with Crippen molar-refractivity contribution >= 4 is 23.2 Å². The molecule has 86 valence electrons. The molecule has 4 heteroatoms. The Morgan fingerprint density at radius 3 is 2.81 bits per heavy atom. The number of fused-ring (bicyclic) bond motifs is 1. The van der Waals surface area contributed by atoms with E-state index in [1.165, 1.54) is 5.70 Å². The summed E-state index contributed by atoms with van der Waals surface area (Å²) in [4.78, 5) is 17.5. The molecule has 2 aliphatic rings. The molecule has 0 saturated heterocycles. The van der Waals surface area contributed by atoms with E-state index in [9.17, 15) is 4.79 Å². The summed E-state index contributed by atoms with van der Waals surface area (Å²) in [5.74, 6) is 0. The molecule has 2 aliphatic heterocycles. The maximum atomic E-state index is 10.9. The van der Waals surface area contributed by atoms with Crippen molar-refractivity contribution in [3.63, 3.8) is 0 Å².